The van der Waals surface area contributed by atoms with Crippen LogP contribution in [0.4, 0.5) is 0 Å². The van der Waals surface area contributed by atoms with Crippen molar-refractivity contribution in [3.63, 3.8) is 0 Å². The standard InChI is InChI=1S/C17H18BrNO3S/c1-22-17(21)12-7-8-19-13(12)9-14(23-2)15(19)16(20)10-3-5-11(18)6-4-10/h3-6,9,12,14-15H,7-8H2,1-2H3. The van der Waals surface area contributed by atoms with Gasteiger partial charge < -0.3 is 9.64 Å². The van der Waals surface area contributed by atoms with Crippen LogP contribution in [0, 0.1) is 5.92 Å². The van der Waals surface area contributed by atoms with E-state index < -0.39 is 0 Å². The van der Waals surface area contributed by atoms with Gasteiger partial charge in [0.15, 0.2) is 5.78 Å². The van der Waals surface area contributed by atoms with E-state index in [4.69, 9.17) is 4.74 Å². The van der Waals surface area contributed by atoms with E-state index in [9.17, 15) is 9.59 Å². The lowest BCUT2D eigenvalue weighted by Gasteiger charge is -2.27. The van der Waals surface area contributed by atoms with E-state index in [2.05, 4.69) is 26.9 Å². The Kier molecular flexibility index (Phi) is 4.82. The summed E-state index contributed by atoms with van der Waals surface area (Å²) < 4.78 is 5.85. The van der Waals surface area contributed by atoms with Gasteiger partial charge in [-0.15, -0.1) is 0 Å². The second-order valence-electron chi connectivity index (χ2n) is 5.67. The number of carbonyl (C=O) groups excluding carboxylic acids is 2. The molecule has 6 heteroatoms. The Bertz CT molecular complexity index is 658. The predicted molar refractivity (Wildman–Crippen MR) is 94.5 cm³/mol. The van der Waals surface area contributed by atoms with Crippen LogP contribution in [0.2, 0.25) is 0 Å². The summed E-state index contributed by atoms with van der Waals surface area (Å²) in [5, 5.41) is 0.0635. The number of ketones is 1. The Balaban J connectivity index is 1.88. The minimum atomic E-state index is -0.240. The van der Waals surface area contributed by atoms with Crippen molar-refractivity contribution < 1.29 is 14.3 Å². The summed E-state index contributed by atoms with van der Waals surface area (Å²) >= 11 is 5.04. The van der Waals surface area contributed by atoms with E-state index in [1.54, 1.807) is 11.8 Å². The first-order valence-corrected chi connectivity index (χ1v) is 9.53. The van der Waals surface area contributed by atoms with Crippen LogP contribution < -0.4 is 0 Å². The molecule has 0 spiro atoms. The lowest BCUT2D eigenvalue weighted by Crippen LogP contribution is -2.40. The van der Waals surface area contributed by atoms with E-state index in [-0.39, 0.29) is 29.0 Å². The average molecular weight is 396 g/mol. The minimum absolute atomic E-state index is 0.0635. The number of rotatable bonds is 4. The molecule has 1 aromatic rings. The van der Waals surface area contributed by atoms with Gasteiger partial charge in [-0.05, 0) is 30.9 Å². The molecule has 2 heterocycles. The molecule has 2 aliphatic rings. The van der Waals surface area contributed by atoms with Gasteiger partial charge in [0.05, 0.1) is 18.3 Å². The Labute approximate surface area is 148 Å². The summed E-state index contributed by atoms with van der Waals surface area (Å²) in [6.45, 7) is 0.718. The molecule has 0 saturated carbocycles. The second-order valence-corrected chi connectivity index (χ2v) is 7.60. The van der Waals surface area contributed by atoms with Crippen LogP contribution in [-0.2, 0) is 9.53 Å². The number of Topliss-reactive ketones (excluding diaryl/α,β-unsaturated/α-hetero) is 1. The third-order valence-corrected chi connectivity index (χ3v) is 5.95. The number of nitrogens with zero attached hydrogens (tertiary/aromatic N) is 1. The predicted octanol–water partition coefficient (Wildman–Crippen LogP) is 3.12. The van der Waals surface area contributed by atoms with Crippen molar-refractivity contribution >= 4 is 39.4 Å². The van der Waals surface area contributed by atoms with Crippen molar-refractivity contribution in [1.29, 1.82) is 0 Å². The van der Waals surface area contributed by atoms with Gasteiger partial charge in [0.1, 0.15) is 6.04 Å². The first kappa shape index (κ1) is 16.6. The summed E-state index contributed by atoms with van der Waals surface area (Å²) in [7, 11) is 1.41. The van der Waals surface area contributed by atoms with Gasteiger partial charge in [0.2, 0.25) is 0 Å². The molecule has 0 radical (unpaired) electrons. The van der Waals surface area contributed by atoms with Crippen molar-refractivity contribution in [3.05, 3.63) is 46.1 Å². The molecule has 0 aromatic heterocycles. The Morgan fingerprint density at radius 3 is 2.61 bits per heavy atom. The maximum absolute atomic E-state index is 13.0. The number of hydrogen-bond donors (Lipinski definition) is 0. The van der Waals surface area contributed by atoms with Crippen LogP contribution in [-0.4, -0.2) is 47.9 Å². The molecule has 0 amide bonds. The van der Waals surface area contributed by atoms with Crippen LogP contribution in [0.5, 0.6) is 0 Å². The zero-order valence-corrected chi connectivity index (χ0v) is 15.4. The molecule has 1 saturated heterocycles. The average Bonchev–Trinajstić information content (AvgIpc) is 3.12. The van der Waals surface area contributed by atoms with Crippen LogP contribution in [0.25, 0.3) is 0 Å². The summed E-state index contributed by atoms with van der Waals surface area (Å²) in [4.78, 5) is 27.0. The van der Waals surface area contributed by atoms with Crippen LogP contribution in [0.3, 0.4) is 0 Å². The SMILES string of the molecule is COC(=O)C1CCN2C1=CC(SC)C2C(=O)c1ccc(Br)cc1. The monoisotopic (exact) mass is 395 g/mol. The number of methoxy groups -OCH3 is 1. The van der Waals surface area contributed by atoms with Crippen molar-refractivity contribution in [2.45, 2.75) is 17.7 Å². The van der Waals surface area contributed by atoms with Gasteiger partial charge >= 0.3 is 5.97 Å². The lowest BCUT2D eigenvalue weighted by atomic mass is 10.0. The van der Waals surface area contributed by atoms with Crippen LogP contribution >= 0.6 is 27.7 Å². The zero-order valence-electron chi connectivity index (χ0n) is 13.0. The fourth-order valence-electron chi connectivity index (χ4n) is 3.35. The number of benzene rings is 1. The molecule has 0 aliphatic carbocycles. The van der Waals surface area contributed by atoms with E-state index in [0.717, 1.165) is 16.7 Å². The molecule has 3 rings (SSSR count). The molecular weight excluding hydrogens is 378 g/mol. The van der Waals surface area contributed by atoms with Crippen LogP contribution in [0.15, 0.2) is 40.5 Å². The quantitative estimate of drug-likeness (QED) is 0.578. The number of thioether (sulfide) groups is 1. The van der Waals surface area contributed by atoms with Crippen LogP contribution in [0.1, 0.15) is 16.8 Å². The van der Waals surface area contributed by atoms with Crippen molar-refractivity contribution in [3.8, 4) is 0 Å². The Morgan fingerprint density at radius 1 is 1.30 bits per heavy atom. The summed E-state index contributed by atoms with van der Waals surface area (Å²) in [6, 6.07) is 7.21. The number of halogens is 1. The maximum atomic E-state index is 13.0. The van der Waals surface area contributed by atoms with Gasteiger partial charge in [0, 0.05) is 22.3 Å². The highest BCUT2D eigenvalue weighted by atomic mass is 79.9. The van der Waals surface area contributed by atoms with Gasteiger partial charge in [-0.2, -0.15) is 11.8 Å². The zero-order chi connectivity index (χ0) is 16.6. The topological polar surface area (TPSA) is 46.6 Å². The Morgan fingerprint density at radius 2 is 2.00 bits per heavy atom. The number of carbonyl (C=O) groups is 2. The number of hydrogen-bond acceptors (Lipinski definition) is 5. The van der Waals surface area contributed by atoms with E-state index in [1.165, 1.54) is 7.11 Å². The number of ether oxygens (including phenoxy) is 1. The first-order valence-electron chi connectivity index (χ1n) is 7.45. The molecule has 3 atom stereocenters. The summed E-state index contributed by atoms with van der Waals surface area (Å²) in [5.74, 6) is -0.346. The number of esters is 1. The van der Waals surface area contributed by atoms with E-state index >= 15 is 0 Å². The van der Waals surface area contributed by atoms with Gasteiger partial charge in [-0.1, -0.05) is 28.1 Å². The lowest BCUT2D eigenvalue weighted by molar-refractivity contribution is -0.143. The molecule has 23 heavy (non-hydrogen) atoms. The normalized spacial score (nSPS) is 26.0. The summed E-state index contributed by atoms with van der Waals surface area (Å²) in [5.41, 5.74) is 1.65. The molecule has 122 valence electrons. The number of fused-ring (bicyclic) bond motifs is 1. The highest BCUT2D eigenvalue weighted by Gasteiger charge is 2.47. The highest BCUT2D eigenvalue weighted by molar-refractivity contribution is 9.10. The molecule has 1 aromatic carbocycles. The smallest absolute Gasteiger partial charge is 0.314 e. The molecule has 3 unspecified atom stereocenters. The highest BCUT2D eigenvalue weighted by Crippen LogP contribution is 2.41. The molecular formula is C17H18BrNO3S. The van der Waals surface area contributed by atoms with Crippen molar-refractivity contribution in [2.24, 2.45) is 5.92 Å². The second kappa shape index (κ2) is 6.69. The van der Waals surface area contributed by atoms with Crippen molar-refractivity contribution in [1.82, 2.24) is 4.90 Å². The fraction of sp³-hybridized carbons (Fsp3) is 0.412. The van der Waals surface area contributed by atoms with Crippen molar-refractivity contribution in [2.75, 3.05) is 19.9 Å². The van der Waals surface area contributed by atoms with E-state index in [1.807, 2.05) is 30.5 Å². The maximum Gasteiger partial charge on any atom is 0.314 e. The molecule has 1 fully saturated rings. The molecule has 0 bridgehead atoms. The molecule has 0 N–H and O–H groups in total. The summed E-state index contributed by atoms with van der Waals surface area (Å²) in [6.07, 6.45) is 4.78. The Hall–Kier alpha value is -1.27. The largest absolute Gasteiger partial charge is 0.469 e. The third kappa shape index (κ3) is 2.94. The van der Waals surface area contributed by atoms with Gasteiger partial charge in [0.25, 0.3) is 0 Å². The molecule has 2 aliphatic heterocycles. The first-order chi connectivity index (χ1) is 11.1. The third-order valence-electron chi connectivity index (χ3n) is 4.48. The van der Waals surface area contributed by atoms with Gasteiger partial charge in [-0.3, -0.25) is 9.59 Å². The van der Waals surface area contributed by atoms with E-state index in [0.29, 0.717) is 12.0 Å². The van der Waals surface area contributed by atoms with Gasteiger partial charge in [-0.25, -0.2) is 0 Å². The molecule has 4 nitrogen and oxygen atoms in total. The fourth-order valence-corrected chi connectivity index (χ4v) is 4.42. The minimum Gasteiger partial charge on any atom is -0.469 e.